The highest BCUT2D eigenvalue weighted by atomic mass is 16.5. The van der Waals surface area contributed by atoms with Gasteiger partial charge in [-0.25, -0.2) is 4.79 Å². The number of morpholine rings is 1. The molecule has 1 aliphatic rings. The number of nitrogens with two attached hydrogens (primary N) is 1. The fourth-order valence-corrected chi connectivity index (χ4v) is 1.36. The van der Waals surface area contributed by atoms with E-state index in [2.05, 4.69) is 0 Å². The molecule has 1 rings (SSSR count). The van der Waals surface area contributed by atoms with Crippen molar-refractivity contribution in [2.24, 2.45) is 5.73 Å². The quantitative estimate of drug-likeness (QED) is 0.711. The molecule has 2 amide bonds. The Morgan fingerprint density at radius 3 is 2.47 bits per heavy atom. The lowest BCUT2D eigenvalue weighted by Crippen LogP contribution is -2.56. The number of amides is 2. The normalized spacial score (nSPS) is 17.7. The van der Waals surface area contributed by atoms with E-state index in [9.17, 15) is 4.79 Å². The molecule has 88 valence electrons. The standard InChI is InChI=1S/C10H21N3O2/c1-10(2,8-11)12(3)9(14)13-4-6-15-7-5-13/h4-8,11H2,1-3H3. The van der Waals surface area contributed by atoms with Gasteiger partial charge in [-0.3, -0.25) is 0 Å². The van der Waals surface area contributed by atoms with E-state index in [1.165, 1.54) is 0 Å². The van der Waals surface area contributed by atoms with Gasteiger partial charge in [0.05, 0.1) is 18.8 Å². The summed E-state index contributed by atoms with van der Waals surface area (Å²) in [6, 6.07) is 0.0359. The van der Waals surface area contributed by atoms with E-state index in [0.29, 0.717) is 32.8 Å². The Hall–Kier alpha value is -0.810. The fraction of sp³-hybridized carbons (Fsp3) is 0.900. The Kier molecular flexibility index (Phi) is 3.93. The third-order valence-corrected chi connectivity index (χ3v) is 2.98. The van der Waals surface area contributed by atoms with Gasteiger partial charge in [-0.15, -0.1) is 0 Å². The second-order valence-corrected chi connectivity index (χ2v) is 4.46. The van der Waals surface area contributed by atoms with E-state index in [0.717, 1.165) is 0 Å². The summed E-state index contributed by atoms with van der Waals surface area (Å²) in [5.41, 5.74) is 5.34. The molecule has 1 heterocycles. The molecule has 0 aliphatic carbocycles. The minimum Gasteiger partial charge on any atom is -0.378 e. The van der Waals surface area contributed by atoms with Crippen LogP contribution in [0.3, 0.4) is 0 Å². The highest BCUT2D eigenvalue weighted by Gasteiger charge is 2.29. The van der Waals surface area contributed by atoms with Crippen molar-refractivity contribution in [1.82, 2.24) is 9.80 Å². The predicted octanol–water partition coefficient (Wildman–Crippen LogP) is 0.108. The molecule has 5 heteroatoms. The summed E-state index contributed by atoms with van der Waals surface area (Å²) in [4.78, 5) is 15.6. The monoisotopic (exact) mass is 215 g/mol. The van der Waals surface area contributed by atoms with Crippen LogP contribution < -0.4 is 5.73 Å². The minimum absolute atomic E-state index is 0.0359. The van der Waals surface area contributed by atoms with E-state index in [4.69, 9.17) is 10.5 Å². The van der Waals surface area contributed by atoms with Gasteiger partial charge in [0.1, 0.15) is 0 Å². The van der Waals surface area contributed by atoms with Gasteiger partial charge in [0, 0.05) is 26.7 Å². The molecular weight excluding hydrogens is 194 g/mol. The summed E-state index contributed by atoms with van der Waals surface area (Å²) in [5, 5.41) is 0. The third kappa shape index (κ3) is 2.82. The lowest BCUT2D eigenvalue weighted by molar-refractivity contribution is 0.0371. The zero-order valence-corrected chi connectivity index (χ0v) is 9.82. The van der Waals surface area contributed by atoms with E-state index >= 15 is 0 Å². The number of carbonyl (C=O) groups is 1. The Morgan fingerprint density at radius 2 is 2.00 bits per heavy atom. The number of likely N-dealkylation sites (N-methyl/N-ethyl adjacent to an activating group) is 1. The highest BCUT2D eigenvalue weighted by molar-refractivity contribution is 5.75. The highest BCUT2D eigenvalue weighted by Crippen LogP contribution is 2.13. The van der Waals surface area contributed by atoms with Gasteiger partial charge >= 0.3 is 6.03 Å². The molecular formula is C10H21N3O2. The first-order valence-electron chi connectivity index (χ1n) is 5.29. The van der Waals surface area contributed by atoms with Gasteiger partial charge < -0.3 is 20.3 Å². The van der Waals surface area contributed by atoms with Gasteiger partial charge in [-0.2, -0.15) is 0 Å². The Labute approximate surface area is 91.2 Å². The van der Waals surface area contributed by atoms with Crippen LogP contribution in [0.1, 0.15) is 13.8 Å². The lowest BCUT2D eigenvalue weighted by atomic mass is 10.0. The first-order chi connectivity index (χ1) is 6.99. The van der Waals surface area contributed by atoms with Gasteiger partial charge in [0.25, 0.3) is 0 Å². The van der Waals surface area contributed by atoms with Crippen molar-refractivity contribution in [3.63, 3.8) is 0 Å². The number of ether oxygens (including phenoxy) is 1. The van der Waals surface area contributed by atoms with Crippen LogP contribution in [0, 0.1) is 0 Å². The minimum atomic E-state index is -0.296. The predicted molar refractivity (Wildman–Crippen MR) is 58.7 cm³/mol. The second-order valence-electron chi connectivity index (χ2n) is 4.46. The maximum atomic E-state index is 12.0. The number of nitrogens with zero attached hydrogens (tertiary/aromatic N) is 2. The van der Waals surface area contributed by atoms with Crippen molar-refractivity contribution in [3.8, 4) is 0 Å². The molecule has 0 bridgehead atoms. The average Bonchev–Trinajstić information content (AvgIpc) is 2.28. The average molecular weight is 215 g/mol. The smallest absolute Gasteiger partial charge is 0.320 e. The first kappa shape index (κ1) is 12.3. The Balaban J connectivity index is 2.58. The van der Waals surface area contributed by atoms with Crippen LogP contribution >= 0.6 is 0 Å². The molecule has 0 aromatic carbocycles. The van der Waals surface area contributed by atoms with Gasteiger partial charge in [-0.05, 0) is 13.8 Å². The molecule has 5 nitrogen and oxygen atoms in total. The molecule has 2 N–H and O–H groups in total. The molecule has 1 saturated heterocycles. The second kappa shape index (κ2) is 4.81. The number of hydrogen-bond donors (Lipinski definition) is 1. The zero-order valence-electron chi connectivity index (χ0n) is 9.82. The van der Waals surface area contributed by atoms with Crippen LogP contribution in [0.15, 0.2) is 0 Å². The van der Waals surface area contributed by atoms with E-state index < -0.39 is 0 Å². The van der Waals surface area contributed by atoms with Gasteiger partial charge in [0.15, 0.2) is 0 Å². The number of carbonyl (C=O) groups excluding carboxylic acids is 1. The number of hydrogen-bond acceptors (Lipinski definition) is 3. The molecule has 15 heavy (non-hydrogen) atoms. The van der Waals surface area contributed by atoms with E-state index in [1.807, 2.05) is 13.8 Å². The van der Waals surface area contributed by atoms with Crippen LogP contribution in [-0.4, -0.2) is 61.3 Å². The third-order valence-electron chi connectivity index (χ3n) is 2.98. The summed E-state index contributed by atoms with van der Waals surface area (Å²) in [6.45, 7) is 6.98. The maximum Gasteiger partial charge on any atom is 0.320 e. The fourth-order valence-electron chi connectivity index (χ4n) is 1.36. The number of urea groups is 1. The molecule has 0 saturated carbocycles. The van der Waals surface area contributed by atoms with Crippen LogP contribution in [0.2, 0.25) is 0 Å². The van der Waals surface area contributed by atoms with Crippen molar-refractivity contribution in [2.75, 3.05) is 39.9 Å². The van der Waals surface area contributed by atoms with Crippen molar-refractivity contribution in [2.45, 2.75) is 19.4 Å². The molecule has 1 fully saturated rings. The summed E-state index contributed by atoms with van der Waals surface area (Å²) < 4.78 is 5.20. The van der Waals surface area contributed by atoms with Crippen LogP contribution in [0.4, 0.5) is 4.79 Å². The zero-order chi connectivity index (χ0) is 11.5. The molecule has 1 aliphatic heterocycles. The van der Waals surface area contributed by atoms with Crippen molar-refractivity contribution in [3.05, 3.63) is 0 Å². The number of rotatable bonds is 2. The topological polar surface area (TPSA) is 58.8 Å². The largest absolute Gasteiger partial charge is 0.378 e. The molecule has 0 atom stereocenters. The van der Waals surface area contributed by atoms with E-state index in [1.54, 1.807) is 16.8 Å². The van der Waals surface area contributed by atoms with Crippen LogP contribution in [0.25, 0.3) is 0 Å². The molecule has 0 spiro atoms. The van der Waals surface area contributed by atoms with Crippen molar-refractivity contribution in [1.29, 1.82) is 0 Å². The van der Waals surface area contributed by atoms with Gasteiger partial charge in [-0.1, -0.05) is 0 Å². The molecule has 0 unspecified atom stereocenters. The molecule has 0 aromatic heterocycles. The summed E-state index contributed by atoms with van der Waals surface area (Å²) in [6.07, 6.45) is 0. The van der Waals surface area contributed by atoms with Crippen molar-refractivity contribution >= 4 is 6.03 Å². The van der Waals surface area contributed by atoms with E-state index in [-0.39, 0.29) is 11.6 Å². The maximum absolute atomic E-state index is 12.0. The Bertz CT molecular complexity index is 225. The molecule has 0 radical (unpaired) electrons. The van der Waals surface area contributed by atoms with Crippen LogP contribution in [-0.2, 0) is 4.74 Å². The van der Waals surface area contributed by atoms with Crippen LogP contribution in [0.5, 0.6) is 0 Å². The summed E-state index contributed by atoms with van der Waals surface area (Å²) in [7, 11) is 1.80. The lowest BCUT2D eigenvalue weighted by Gasteiger charge is -2.39. The van der Waals surface area contributed by atoms with Gasteiger partial charge in [0.2, 0.25) is 0 Å². The Morgan fingerprint density at radius 1 is 1.47 bits per heavy atom. The SMILES string of the molecule is CN(C(=O)N1CCOCC1)C(C)(C)CN. The summed E-state index contributed by atoms with van der Waals surface area (Å²) >= 11 is 0. The molecule has 0 aromatic rings. The van der Waals surface area contributed by atoms with Crippen molar-refractivity contribution < 1.29 is 9.53 Å². The first-order valence-corrected chi connectivity index (χ1v) is 5.29. The summed E-state index contributed by atoms with van der Waals surface area (Å²) in [5.74, 6) is 0.